The van der Waals surface area contributed by atoms with Gasteiger partial charge in [-0.25, -0.2) is 0 Å². The van der Waals surface area contributed by atoms with Crippen molar-refractivity contribution in [2.24, 2.45) is 11.8 Å². The van der Waals surface area contributed by atoms with Crippen molar-refractivity contribution < 1.29 is 14.6 Å². The maximum absolute atomic E-state index is 11.6. The minimum atomic E-state index is -0.677. The summed E-state index contributed by atoms with van der Waals surface area (Å²) < 4.78 is 5.41. The number of carbonyl (C=O) groups is 1. The van der Waals surface area contributed by atoms with Crippen LogP contribution in [0.4, 0.5) is 0 Å². The fraction of sp³-hybridized carbons (Fsp3) is 0.448. The highest BCUT2D eigenvalue weighted by atomic mass is 32.2. The van der Waals surface area contributed by atoms with Gasteiger partial charge in [-0.05, 0) is 92.4 Å². The molecular weight excluding hydrogens is 456 g/mol. The Bertz CT molecular complexity index is 1140. The van der Waals surface area contributed by atoms with Crippen molar-refractivity contribution in [3.05, 3.63) is 65.9 Å². The topological polar surface area (TPSA) is 62.7 Å². The minimum absolute atomic E-state index is 0.221. The van der Waals surface area contributed by atoms with Gasteiger partial charge in [0.1, 0.15) is 5.75 Å². The van der Waals surface area contributed by atoms with Gasteiger partial charge >= 0.3 is 5.97 Å². The van der Waals surface area contributed by atoms with E-state index in [0.717, 1.165) is 67.7 Å². The Balaban J connectivity index is 1.31. The van der Waals surface area contributed by atoms with Crippen LogP contribution in [0.1, 0.15) is 36.8 Å². The second-order valence-electron chi connectivity index (χ2n) is 9.57. The predicted molar refractivity (Wildman–Crippen MR) is 143 cm³/mol. The number of pyridine rings is 1. The summed E-state index contributed by atoms with van der Waals surface area (Å²) in [6, 6.07) is 16.6. The molecule has 3 aromatic rings. The molecule has 4 rings (SSSR count). The average molecular weight is 493 g/mol. The lowest BCUT2D eigenvalue weighted by Gasteiger charge is -2.38. The van der Waals surface area contributed by atoms with Crippen molar-refractivity contribution in [2.45, 2.75) is 43.9 Å². The lowest BCUT2D eigenvalue weighted by molar-refractivity contribution is -0.139. The molecule has 1 aliphatic rings. The number of benzene rings is 2. The smallest absolute Gasteiger partial charge is 0.303 e. The summed E-state index contributed by atoms with van der Waals surface area (Å²) in [5.41, 5.74) is 3.60. The number of carboxylic acids is 1. The molecule has 1 fully saturated rings. The molecule has 0 saturated carbocycles. The highest BCUT2D eigenvalue weighted by molar-refractivity contribution is 7.99. The normalized spacial score (nSPS) is 18.6. The number of hydrogen-bond donors (Lipinski definition) is 1. The molecule has 1 aromatic heterocycles. The van der Waals surface area contributed by atoms with Gasteiger partial charge in [-0.15, -0.1) is 11.8 Å². The molecule has 0 aliphatic carbocycles. The van der Waals surface area contributed by atoms with E-state index in [1.54, 1.807) is 7.11 Å². The van der Waals surface area contributed by atoms with Crippen LogP contribution in [0.5, 0.6) is 5.75 Å². The second-order valence-corrected chi connectivity index (χ2v) is 10.7. The number of rotatable bonds is 11. The van der Waals surface area contributed by atoms with Crippen molar-refractivity contribution in [3.8, 4) is 5.75 Å². The van der Waals surface area contributed by atoms with Crippen LogP contribution in [0.3, 0.4) is 0 Å². The standard InChI is InChI=1S/C29H36N2O3S/c1-21-6-3-4-9-28(21)35-17-16-31-15-13-22(24(20-31)18-29(32)33)7-5-8-23-12-14-30-27-11-10-25(34-2)19-26(23)27/h3-4,6,9-12,14,19,22,24H,5,7-8,13,15-18,20H2,1-2H3,(H,32,33)/t22-,24+/m1/s1. The molecule has 2 heterocycles. The lowest BCUT2D eigenvalue weighted by Crippen LogP contribution is -2.42. The molecule has 1 saturated heterocycles. The highest BCUT2D eigenvalue weighted by Crippen LogP contribution is 2.32. The number of likely N-dealkylation sites (tertiary alicyclic amines) is 1. The Kier molecular flexibility index (Phi) is 9.05. The number of carboxylic acid groups (broad SMARTS) is 1. The Hall–Kier alpha value is -2.57. The number of aliphatic carboxylic acids is 1. The SMILES string of the molecule is COc1ccc2nccc(CCC[C@@H]3CCN(CCSc4ccccc4C)C[C@@H]3CC(=O)O)c2c1. The van der Waals surface area contributed by atoms with Crippen molar-refractivity contribution >= 4 is 28.6 Å². The van der Waals surface area contributed by atoms with Gasteiger partial charge in [0.05, 0.1) is 12.6 Å². The monoisotopic (exact) mass is 492 g/mol. The zero-order chi connectivity index (χ0) is 24.6. The van der Waals surface area contributed by atoms with Crippen LogP contribution in [-0.2, 0) is 11.2 Å². The third kappa shape index (κ3) is 6.98. The van der Waals surface area contributed by atoms with Crippen LogP contribution in [0, 0.1) is 18.8 Å². The van der Waals surface area contributed by atoms with Gasteiger partial charge in [-0.1, -0.05) is 18.2 Å². The predicted octanol–water partition coefficient (Wildman–Crippen LogP) is 6.08. The summed E-state index contributed by atoms with van der Waals surface area (Å²) in [5.74, 6) is 1.89. The van der Waals surface area contributed by atoms with Gasteiger partial charge < -0.3 is 14.7 Å². The quantitative estimate of drug-likeness (QED) is 0.327. The molecule has 35 heavy (non-hydrogen) atoms. The van der Waals surface area contributed by atoms with E-state index in [-0.39, 0.29) is 12.3 Å². The number of nitrogens with zero attached hydrogens (tertiary/aromatic N) is 2. The van der Waals surface area contributed by atoms with Gasteiger partial charge in [0.2, 0.25) is 0 Å². The molecule has 0 unspecified atom stereocenters. The molecule has 0 amide bonds. The Morgan fingerprint density at radius 1 is 1.20 bits per heavy atom. The van der Waals surface area contributed by atoms with E-state index in [0.29, 0.717) is 5.92 Å². The average Bonchev–Trinajstić information content (AvgIpc) is 2.86. The Labute approximate surface area is 212 Å². The summed E-state index contributed by atoms with van der Waals surface area (Å²) in [4.78, 5) is 19.9. The van der Waals surface area contributed by atoms with Gasteiger partial charge in [-0.3, -0.25) is 9.78 Å². The first-order chi connectivity index (χ1) is 17.0. The van der Waals surface area contributed by atoms with Crippen molar-refractivity contribution in [1.29, 1.82) is 0 Å². The van der Waals surface area contributed by atoms with E-state index in [2.05, 4.69) is 53.2 Å². The van der Waals surface area contributed by atoms with Gasteiger partial charge in [-0.2, -0.15) is 0 Å². The zero-order valence-corrected chi connectivity index (χ0v) is 21.6. The molecule has 6 heteroatoms. The molecule has 0 bridgehead atoms. The molecule has 1 aliphatic heterocycles. The number of piperidine rings is 1. The first-order valence-corrected chi connectivity index (χ1v) is 13.6. The number of aromatic nitrogens is 1. The summed E-state index contributed by atoms with van der Waals surface area (Å²) >= 11 is 1.90. The molecule has 5 nitrogen and oxygen atoms in total. The maximum atomic E-state index is 11.6. The number of ether oxygens (including phenoxy) is 1. The van der Waals surface area contributed by atoms with Crippen molar-refractivity contribution in [2.75, 3.05) is 32.5 Å². The minimum Gasteiger partial charge on any atom is -0.497 e. The zero-order valence-electron chi connectivity index (χ0n) is 20.8. The summed E-state index contributed by atoms with van der Waals surface area (Å²) in [5, 5.41) is 10.7. The van der Waals surface area contributed by atoms with Gasteiger partial charge in [0, 0.05) is 41.7 Å². The van der Waals surface area contributed by atoms with Crippen LogP contribution in [-0.4, -0.2) is 53.5 Å². The molecular formula is C29H36N2O3S. The Morgan fingerprint density at radius 2 is 2.06 bits per heavy atom. The summed E-state index contributed by atoms with van der Waals surface area (Å²) in [6.45, 7) is 5.11. The highest BCUT2D eigenvalue weighted by Gasteiger charge is 2.30. The van der Waals surface area contributed by atoms with E-state index in [9.17, 15) is 9.90 Å². The number of aryl methyl sites for hydroxylation is 2. The first-order valence-electron chi connectivity index (χ1n) is 12.6. The van der Waals surface area contributed by atoms with Gasteiger partial charge in [0.15, 0.2) is 0 Å². The molecule has 1 N–H and O–H groups in total. The third-order valence-corrected chi connectivity index (χ3v) is 8.39. The fourth-order valence-electron chi connectivity index (χ4n) is 5.28. The molecule has 2 aromatic carbocycles. The van der Waals surface area contributed by atoms with Gasteiger partial charge in [0.25, 0.3) is 0 Å². The number of fused-ring (bicyclic) bond motifs is 1. The third-order valence-electron chi connectivity index (χ3n) is 7.23. The lowest BCUT2D eigenvalue weighted by atomic mass is 9.80. The first kappa shape index (κ1) is 25.5. The van der Waals surface area contributed by atoms with Crippen LogP contribution in [0.2, 0.25) is 0 Å². The van der Waals surface area contributed by atoms with Crippen LogP contribution >= 0.6 is 11.8 Å². The van der Waals surface area contributed by atoms with Crippen molar-refractivity contribution in [1.82, 2.24) is 9.88 Å². The fourth-order valence-corrected chi connectivity index (χ4v) is 6.32. The molecule has 186 valence electrons. The van der Waals surface area contributed by atoms with E-state index < -0.39 is 5.97 Å². The number of hydrogen-bond acceptors (Lipinski definition) is 5. The molecule has 0 spiro atoms. The van der Waals surface area contributed by atoms with Crippen molar-refractivity contribution in [3.63, 3.8) is 0 Å². The maximum Gasteiger partial charge on any atom is 0.303 e. The van der Waals surface area contributed by atoms with Crippen LogP contribution in [0.15, 0.2) is 59.6 Å². The van der Waals surface area contributed by atoms with E-state index in [4.69, 9.17) is 4.74 Å². The summed E-state index contributed by atoms with van der Waals surface area (Å²) in [6.07, 6.45) is 6.32. The number of thioether (sulfide) groups is 1. The largest absolute Gasteiger partial charge is 0.497 e. The van der Waals surface area contributed by atoms with Crippen LogP contribution in [0.25, 0.3) is 10.9 Å². The molecule has 2 atom stereocenters. The van der Waals surface area contributed by atoms with E-state index >= 15 is 0 Å². The van der Waals surface area contributed by atoms with E-state index in [1.807, 2.05) is 30.1 Å². The second kappa shape index (κ2) is 12.4. The summed E-state index contributed by atoms with van der Waals surface area (Å²) in [7, 11) is 1.69. The Morgan fingerprint density at radius 3 is 2.86 bits per heavy atom. The van der Waals surface area contributed by atoms with E-state index in [1.165, 1.54) is 16.0 Å². The van der Waals surface area contributed by atoms with Crippen LogP contribution < -0.4 is 4.74 Å². The molecule has 0 radical (unpaired) electrons. The number of methoxy groups -OCH3 is 1.